The molecule has 1 N–H and O–H groups in total. The van der Waals surface area contributed by atoms with E-state index in [1.807, 2.05) is 26.0 Å². The van der Waals surface area contributed by atoms with Crippen LogP contribution in [-0.4, -0.2) is 14.7 Å². The van der Waals surface area contributed by atoms with Crippen LogP contribution in [0.1, 0.15) is 30.6 Å². The highest BCUT2D eigenvalue weighted by atomic mass is 16.6. The molecule has 2 heterocycles. The summed E-state index contributed by atoms with van der Waals surface area (Å²) < 4.78 is 7.09. The van der Waals surface area contributed by atoms with Gasteiger partial charge in [-0.15, -0.1) is 0 Å². The van der Waals surface area contributed by atoms with Crippen molar-refractivity contribution < 1.29 is 9.34 Å². The van der Waals surface area contributed by atoms with E-state index in [9.17, 15) is 10.1 Å². The maximum absolute atomic E-state index is 11.2. The molecule has 0 bridgehead atoms. The Balaban J connectivity index is 2.25. The molecule has 108 valence electrons. The lowest BCUT2D eigenvalue weighted by Gasteiger charge is -2.07. The van der Waals surface area contributed by atoms with E-state index in [2.05, 4.69) is 10.4 Å². The molecule has 0 radical (unpaired) electrons. The van der Waals surface area contributed by atoms with Crippen LogP contribution in [0.2, 0.25) is 0 Å². The molecule has 2 rings (SSSR count). The first-order valence-electron chi connectivity index (χ1n) is 6.54. The summed E-state index contributed by atoms with van der Waals surface area (Å²) >= 11 is 0. The summed E-state index contributed by atoms with van der Waals surface area (Å²) in [6, 6.07) is 3.71. The summed E-state index contributed by atoms with van der Waals surface area (Å²) in [5.74, 6) is 1.98. The SMILES string of the molecule is CCCn1nc(C)c([N+](=O)[O-])c1NCc1ccc(C)o1. The first-order valence-corrected chi connectivity index (χ1v) is 6.54. The Morgan fingerprint density at radius 2 is 2.20 bits per heavy atom. The van der Waals surface area contributed by atoms with Crippen molar-refractivity contribution in [3.05, 3.63) is 39.5 Å². The monoisotopic (exact) mass is 278 g/mol. The second-order valence-electron chi connectivity index (χ2n) is 4.63. The number of nitrogens with zero attached hydrogens (tertiary/aromatic N) is 3. The molecule has 7 heteroatoms. The summed E-state index contributed by atoms with van der Waals surface area (Å²) in [5, 5.41) is 18.4. The zero-order chi connectivity index (χ0) is 14.7. The van der Waals surface area contributed by atoms with E-state index >= 15 is 0 Å². The fourth-order valence-electron chi connectivity index (χ4n) is 2.09. The smallest absolute Gasteiger partial charge is 0.333 e. The normalized spacial score (nSPS) is 10.8. The molecule has 2 aromatic heterocycles. The largest absolute Gasteiger partial charge is 0.465 e. The predicted molar refractivity (Wildman–Crippen MR) is 74.7 cm³/mol. The fourth-order valence-corrected chi connectivity index (χ4v) is 2.09. The zero-order valence-electron chi connectivity index (χ0n) is 11.8. The third-order valence-corrected chi connectivity index (χ3v) is 2.94. The van der Waals surface area contributed by atoms with Gasteiger partial charge in [0.25, 0.3) is 0 Å². The van der Waals surface area contributed by atoms with E-state index in [-0.39, 0.29) is 5.69 Å². The highest BCUT2D eigenvalue weighted by molar-refractivity contribution is 5.59. The van der Waals surface area contributed by atoms with Crippen molar-refractivity contribution in [1.82, 2.24) is 9.78 Å². The minimum atomic E-state index is -0.399. The van der Waals surface area contributed by atoms with Gasteiger partial charge in [0, 0.05) is 6.54 Å². The van der Waals surface area contributed by atoms with Gasteiger partial charge in [0.15, 0.2) is 0 Å². The second-order valence-corrected chi connectivity index (χ2v) is 4.63. The molecule has 0 unspecified atom stereocenters. The Morgan fingerprint density at radius 3 is 2.75 bits per heavy atom. The lowest BCUT2D eigenvalue weighted by molar-refractivity contribution is -0.384. The molecule has 0 aliphatic heterocycles. The zero-order valence-corrected chi connectivity index (χ0v) is 11.8. The van der Waals surface area contributed by atoms with Crippen molar-refractivity contribution in [3.63, 3.8) is 0 Å². The van der Waals surface area contributed by atoms with Crippen LogP contribution in [0.25, 0.3) is 0 Å². The van der Waals surface area contributed by atoms with E-state index in [1.54, 1.807) is 11.6 Å². The van der Waals surface area contributed by atoms with Gasteiger partial charge < -0.3 is 9.73 Å². The number of hydrogen-bond acceptors (Lipinski definition) is 5. The summed E-state index contributed by atoms with van der Waals surface area (Å²) in [6.07, 6.45) is 0.854. The number of furan rings is 1. The molecule has 0 atom stereocenters. The van der Waals surface area contributed by atoms with Gasteiger partial charge in [-0.2, -0.15) is 5.10 Å². The van der Waals surface area contributed by atoms with E-state index in [0.29, 0.717) is 24.6 Å². The molecule has 0 saturated heterocycles. The van der Waals surface area contributed by atoms with Gasteiger partial charge >= 0.3 is 5.69 Å². The lowest BCUT2D eigenvalue weighted by atomic mass is 10.3. The maximum atomic E-state index is 11.2. The highest BCUT2D eigenvalue weighted by Gasteiger charge is 2.24. The molecular formula is C13H18N4O3. The number of anilines is 1. The average molecular weight is 278 g/mol. The Bertz CT molecular complexity index is 615. The second kappa shape index (κ2) is 5.77. The molecule has 7 nitrogen and oxygen atoms in total. The van der Waals surface area contributed by atoms with Crippen molar-refractivity contribution in [2.75, 3.05) is 5.32 Å². The average Bonchev–Trinajstić information content (AvgIpc) is 2.91. The molecule has 0 aliphatic rings. The third-order valence-electron chi connectivity index (χ3n) is 2.94. The standard InChI is InChI=1S/C13H18N4O3/c1-4-7-16-13(12(17(18)19)10(3)15-16)14-8-11-6-5-9(2)20-11/h5-6,14H,4,7-8H2,1-3H3. The van der Waals surface area contributed by atoms with Crippen LogP contribution in [0.5, 0.6) is 0 Å². The van der Waals surface area contributed by atoms with Crippen LogP contribution < -0.4 is 5.32 Å². The molecule has 0 amide bonds. The maximum Gasteiger partial charge on any atom is 0.333 e. The number of nitro groups is 1. The van der Waals surface area contributed by atoms with Crippen molar-refractivity contribution in [2.45, 2.75) is 40.3 Å². The highest BCUT2D eigenvalue weighted by Crippen LogP contribution is 2.28. The van der Waals surface area contributed by atoms with Crippen LogP contribution in [-0.2, 0) is 13.1 Å². The van der Waals surface area contributed by atoms with Crippen LogP contribution >= 0.6 is 0 Å². The van der Waals surface area contributed by atoms with Gasteiger partial charge in [-0.3, -0.25) is 10.1 Å². The molecule has 20 heavy (non-hydrogen) atoms. The molecular weight excluding hydrogens is 260 g/mol. The Labute approximate surface area is 116 Å². The van der Waals surface area contributed by atoms with Crippen molar-refractivity contribution in [1.29, 1.82) is 0 Å². The van der Waals surface area contributed by atoms with Gasteiger partial charge in [0.1, 0.15) is 17.2 Å². The Hall–Kier alpha value is -2.31. The van der Waals surface area contributed by atoms with Gasteiger partial charge in [-0.1, -0.05) is 6.92 Å². The molecule has 0 aliphatic carbocycles. The van der Waals surface area contributed by atoms with E-state index in [0.717, 1.165) is 17.9 Å². The van der Waals surface area contributed by atoms with E-state index in [1.165, 1.54) is 0 Å². The molecule has 0 fully saturated rings. The van der Waals surface area contributed by atoms with Crippen LogP contribution in [0, 0.1) is 24.0 Å². The number of aromatic nitrogens is 2. The first kappa shape index (κ1) is 14.1. The minimum absolute atomic E-state index is 0.0294. The van der Waals surface area contributed by atoms with Crippen molar-refractivity contribution in [2.24, 2.45) is 0 Å². The van der Waals surface area contributed by atoms with Gasteiger partial charge in [0.05, 0.1) is 11.5 Å². The summed E-state index contributed by atoms with van der Waals surface area (Å²) in [7, 11) is 0. The third kappa shape index (κ3) is 2.81. The molecule has 0 spiro atoms. The Kier molecular flexibility index (Phi) is 4.07. The van der Waals surface area contributed by atoms with E-state index in [4.69, 9.17) is 4.42 Å². The minimum Gasteiger partial charge on any atom is -0.465 e. The van der Waals surface area contributed by atoms with Crippen molar-refractivity contribution >= 4 is 11.5 Å². The lowest BCUT2D eigenvalue weighted by Crippen LogP contribution is -2.08. The van der Waals surface area contributed by atoms with Crippen LogP contribution in [0.4, 0.5) is 11.5 Å². The first-order chi connectivity index (χ1) is 9.52. The number of hydrogen-bond donors (Lipinski definition) is 1. The summed E-state index contributed by atoms with van der Waals surface area (Å²) in [5.41, 5.74) is 0.448. The molecule has 0 aromatic carbocycles. The van der Waals surface area contributed by atoms with Crippen LogP contribution in [0.3, 0.4) is 0 Å². The Morgan fingerprint density at radius 1 is 1.45 bits per heavy atom. The summed E-state index contributed by atoms with van der Waals surface area (Å²) in [6.45, 7) is 6.53. The van der Waals surface area contributed by atoms with E-state index < -0.39 is 4.92 Å². The van der Waals surface area contributed by atoms with Gasteiger partial charge in [0.2, 0.25) is 5.82 Å². The van der Waals surface area contributed by atoms with Crippen LogP contribution in [0.15, 0.2) is 16.5 Å². The number of nitrogens with one attached hydrogen (secondary N) is 1. The van der Waals surface area contributed by atoms with Gasteiger partial charge in [-0.25, -0.2) is 4.68 Å². The molecule has 0 saturated carbocycles. The fraction of sp³-hybridized carbons (Fsp3) is 0.462. The van der Waals surface area contributed by atoms with Crippen molar-refractivity contribution in [3.8, 4) is 0 Å². The molecule has 2 aromatic rings. The van der Waals surface area contributed by atoms with Gasteiger partial charge in [-0.05, 0) is 32.4 Å². The summed E-state index contributed by atoms with van der Waals surface area (Å²) in [4.78, 5) is 10.8. The quantitative estimate of drug-likeness (QED) is 0.648. The predicted octanol–water partition coefficient (Wildman–Crippen LogP) is 3.02. The topological polar surface area (TPSA) is 86.1 Å². The number of aryl methyl sites for hydroxylation is 3. The number of rotatable bonds is 6.